The largest absolute Gasteiger partial charge is 0.338 e. The summed E-state index contributed by atoms with van der Waals surface area (Å²) in [6, 6.07) is 8.78. The molecule has 0 saturated carbocycles. The van der Waals surface area contributed by atoms with Gasteiger partial charge in [0, 0.05) is 31.0 Å². The van der Waals surface area contributed by atoms with Gasteiger partial charge in [0.05, 0.1) is 13.1 Å². The predicted molar refractivity (Wildman–Crippen MR) is 93.0 cm³/mol. The van der Waals surface area contributed by atoms with E-state index in [-0.39, 0.29) is 25.0 Å². The van der Waals surface area contributed by atoms with Crippen LogP contribution in [0.3, 0.4) is 0 Å². The van der Waals surface area contributed by atoms with Crippen molar-refractivity contribution in [1.82, 2.24) is 9.80 Å². The Balaban J connectivity index is 1.51. The Hall–Kier alpha value is -2.74. The maximum atomic E-state index is 12.4. The maximum Gasteiger partial charge on any atom is 0.338 e. The number of imide groups is 2. The number of carbonyl (C=O) groups is 4. The molecular formula is C18H23N4O4+. The summed E-state index contributed by atoms with van der Waals surface area (Å²) in [7, 11) is 0. The smallest absolute Gasteiger partial charge is 0.326 e. The van der Waals surface area contributed by atoms with Crippen LogP contribution in [0.15, 0.2) is 30.3 Å². The van der Waals surface area contributed by atoms with Crippen LogP contribution in [0.5, 0.6) is 0 Å². The molecule has 2 fully saturated rings. The number of likely N-dealkylation sites (tertiary alicyclic amines) is 1. The summed E-state index contributed by atoms with van der Waals surface area (Å²) >= 11 is 0. The molecule has 3 rings (SSSR count). The van der Waals surface area contributed by atoms with Gasteiger partial charge in [0.1, 0.15) is 0 Å². The summed E-state index contributed by atoms with van der Waals surface area (Å²) in [5.74, 6) is -1.60. The van der Waals surface area contributed by atoms with Gasteiger partial charge < -0.3 is 10.2 Å². The fraction of sp³-hybridized carbons (Fsp3) is 0.444. The molecule has 8 nitrogen and oxygen atoms in total. The zero-order valence-electron chi connectivity index (χ0n) is 14.7. The number of hydrogen-bond acceptors (Lipinski definition) is 4. The molecule has 138 valence electrons. The maximum absolute atomic E-state index is 12.4. The molecule has 2 aliphatic heterocycles. The number of piperidine rings is 1. The SMILES string of the molecule is CCN1C(=O)C(=O)N(C[NH+]2CCC(C(=O)Nc3ccccc3)CC2)C1=O. The first-order valence-corrected chi connectivity index (χ1v) is 8.88. The molecule has 5 amide bonds. The molecule has 0 spiro atoms. The number of rotatable bonds is 5. The van der Waals surface area contributed by atoms with Crippen LogP contribution in [0.1, 0.15) is 19.8 Å². The van der Waals surface area contributed by atoms with E-state index in [4.69, 9.17) is 0 Å². The number of benzene rings is 1. The van der Waals surface area contributed by atoms with E-state index in [0.717, 1.165) is 20.4 Å². The van der Waals surface area contributed by atoms with Gasteiger partial charge in [-0.2, -0.15) is 0 Å². The molecule has 2 N–H and O–H groups in total. The lowest BCUT2D eigenvalue weighted by molar-refractivity contribution is -0.912. The van der Waals surface area contributed by atoms with Gasteiger partial charge in [-0.15, -0.1) is 0 Å². The summed E-state index contributed by atoms with van der Waals surface area (Å²) in [4.78, 5) is 51.2. The standard InChI is InChI=1S/C18H22N4O4/c1-2-21-16(24)17(25)22(18(21)26)12-20-10-8-13(9-11-20)15(23)19-14-6-4-3-5-7-14/h3-7,13H,2,8-12H2,1H3,(H,19,23)/p+1. The second-order valence-electron chi connectivity index (χ2n) is 6.60. The van der Waals surface area contributed by atoms with Crippen LogP contribution < -0.4 is 10.2 Å². The predicted octanol–water partition coefficient (Wildman–Crippen LogP) is -0.312. The highest BCUT2D eigenvalue weighted by Gasteiger charge is 2.45. The van der Waals surface area contributed by atoms with Gasteiger partial charge in [0.25, 0.3) is 0 Å². The zero-order valence-corrected chi connectivity index (χ0v) is 14.7. The molecule has 2 aliphatic rings. The molecular weight excluding hydrogens is 336 g/mol. The van der Waals surface area contributed by atoms with Gasteiger partial charge in [-0.05, 0) is 19.1 Å². The number of para-hydroxylation sites is 1. The van der Waals surface area contributed by atoms with Gasteiger partial charge in [0.15, 0.2) is 6.67 Å². The van der Waals surface area contributed by atoms with Crippen molar-refractivity contribution >= 4 is 29.4 Å². The average Bonchev–Trinajstić information content (AvgIpc) is 2.86. The van der Waals surface area contributed by atoms with E-state index in [1.54, 1.807) is 6.92 Å². The highest BCUT2D eigenvalue weighted by molar-refractivity contribution is 6.44. The third kappa shape index (κ3) is 3.60. The van der Waals surface area contributed by atoms with E-state index in [1.165, 1.54) is 0 Å². The summed E-state index contributed by atoms with van der Waals surface area (Å²) < 4.78 is 0. The van der Waals surface area contributed by atoms with Crippen LogP contribution in [0, 0.1) is 5.92 Å². The first-order valence-electron chi connectivity index (χ1n) is 8.88. The van der Waals surface area contributed by atoms with E-state index in [9.17, 15) is 19.2 Å². The Morgan fingerprint density at radius 1 is 1.08 bits per heavy atom. The summed E-state index contributed by atoms with van der Waals surface area (Å²) in [5.41, 5.74) is 0.777. The minimum absolute atomic E-state index is 0.00379. The Labute approximate surface area is 151 Å². The van der Waals surface area contributed by atoms with Crippen molar-refractivity contribution in [2.75, 3.05) is 31.6 Å². The van der Waals surface area contributed by atoms with Gasteiger partial charge >= 0.3 is 17.8 Å². The van der Waals surface area contributed by atoms with Gasteiger partial charge in [-0.1, -0.05) is 18.2 Å². The van der Waals surface area contributed by atoms with Crippen molar-refractivity contribution in [3.8, 4) is 0 Å². The molecule has 0 bridgehead atoms. The highest BCUT2D eigenvalue weighted by atomic mass is 16.2. The number of quaternary nitrogens is 1. The molecule has 1 aromatic carbocycles. The molecule has 8 heteroatoms. The number of hydrogen-bond donors (Lipinski definition) is 2. The van der Waals surface area contributed by atoms with Crippen LogP contribution in [0.25, 0.3) is 0 Å². The van der Waals surface area contributed by atoms with Crippen LogP contribution >= 0.6 is 0 Å². The third-order valence-electron chi connectivity index (χ3n) is 4.94. The Morgan fingerprint density at radius 3 is 2.27 bits per heavy atom. The van der Waals surface area contributed by atoms with Crippen molar-refractivity contribution in [1.29, 1.82) is 0 Å². The normalized spacial score (nSPS) is 23.5. The minimum atomic E-state index is -0.756. The van der Waals surface area contributed by atoms with Gasteiger partial charge in [-0.3, -0.25) is 19.3 Å². The van der Waals surface area contributed by atoms with Crippen LogP contribution in [0.2, 0.25) is 0 Å². The number of nitrogens with zero attached hydrogens (tertiary/aromatic N) is 2. The Kier molecular flexibility index (Phi) is 5.32. The number of anilines is 1. The lowest BCUT2D eigenvalue weighted by atomic mass is 9.96. The average molecular weight is 359 g/mol. The highest BCUT2D eigenvalue weighted by Crippen LogP contribution is 2.15. The molecule has 0 unspecified atom stereocenters. The van der Waals surface area contributed by atoms with E-state index in [1.807, 2.05) is 30.3 Å². The Morgan fingerprint density at radius 2 is 1.69 bits per heavy atom. The van der Waals surface area contributed by atoms with Crippen molar-refractivity contribution < 1.29 is 24.1 Å². The molecule has 26 heavy (non-hydrogen) atoms. The molecule has 1 aromatic rings. The van der Waals surface area contributed by atoms with Crippen LogP contribution in [-0.4, -0.2) is 59.9 Å². The monoisotopic (exact) mass is 359 g/mol. The van der Waals surface area contributed by atoms with Crippen molar-refractivity contribution in [2.24, 2.45) is 5.92 Å². The van der Waals surface area contributed by atoms with Gasteiger partial charge in [-0.25, -0.2) is 9.69 Å². The Bertz CT molecular complexity index is 713. The molecule has 0 aliphatic carbocycles. The van der Waals surface area contributed by atoms with E-state index in [0.29, 0.717) is 25.9 Å². The minimum Gasteiger partial charge on any atom is -0.326 e. The van der Waals surface area contributed by atoms with E-state index in [2.05, 4.69) is 5.32 Å². The van der Waals surface area contributed by atoms with Crippen LogP contribution in [0.4, 0.5) is 10.5 Å². The quantitative estimate of drug-likeness (QED) is 0.557. The van der Waals surface area contributed by atoms with Crippen molar-refractivity contribution in [3.63, 3.8) is 0 Å². The summed E-state index contributed by atoms with van der Waals surface area (Å²) in [5, 5.41) is 2.91. The number of urea groups is 1. The molecule has 0 radical (unpaired) electrons. The summed E-state index contributed by atoms with van der Waals surface area (Å²) in [6.07, 6.45) is 1.35. The summed E-state index contributed by atoms with van der Waals surface area (Å²) in [6.45, 7) is 3.37. The molecule has 0 atom stereocenters. The first kappa shape index (κ1) is 18.1. The fourth-order valence-corrected chi connectivity index (χ4v) is 3.40. The van der Waals surface area contributed by atoms with Crippen LogP contribution in [-0.2, 0) is 14.4 Å². The van der Waals surface area contributed by atoms with Crippen molar-refractivity contribution in [2.45, 2.75) is 19.8 Å². The zero-order chi connectivity index (χ0) is 18.7. The molecule has 2 heterocycles. The molecule has 2 saturated heterocycles. The lowest BCUT2D eigenvalue weighted by Gasteiger charge is -2.30. The number of carbonyl (C=O) groups excluding carboxylic acids is 4. The fourth-order valence-electron chi connectivity index (χ4n) is 3.40. The second kappa shape index (κ2) is 7.65. The van der Waals surface area contributed by atoms with Crippen molar-refractivity contribution in [3.05, 3.63) is 30.3 Å². The third-order valence-corrected chi connectivity index (χ3v) is 4.94. The molecule has 0 aromatic heterocycles. The first-order chi connectivity index (χ1) is 12.5. The lowest BCUT2D eigenvalue weighted by Crippen LogP contribution is -3.14. The van der Waals surface area contributed by atoms with E-state index < -0.39 is 17.8 Å². The topological polar surface area (TPSA) is 91.2 Å². The van der Waals surface area contributed by atoms with Gasteiger partial charge in [0.2, 0.25) is 5.91 Å². The second-order valence-corrected chi connectivity index (χ2v) is 6.60. The van der Waals surface area contributed by atoms with E-state index >= 15 is 0 Å². The number of likely N-dealkylation sites (N-methyl/N-ethyl adjacent to an activating group) is 1. The number of amides is 5. The number of nitrogens with one attached hydrogen (secondary N) is 2.